The third-order valence-corrected chi connectivity index (χ3v) is 3.55. The van der Waals surface area contributed by atoms with Gasteiger partial charge in [0.25, 0.3) is 0 Å². The Kier molecular flexibility index (Phi) is 4.39. The minimum absolute atomic E-state index is 0.673. The first-order chi connectivity index (χ1) is 6.52. The molecule has 2 nitrogen and oxygen atoms in total. The van der Waals surface area contributed by atoms with E-state index in [4.69, 9.17) is 0 Å². The highest BCUT2D eigenvalue weighted by Gasteiger charge is 2.25. The summed E-state index contributed by atoms with van der Waals surface area (Å²) in [5.41, 5.74) is 0. The van der Waals surface area contributed by atoms with Gasteiger partial charge < -0.3 is 0 Å². The minimum Gasteiger partial charge on any atom is -0.300 e. The van der Waals surface area contributed by atoms with Crippen LogP contribution in [-0.4, -0.2) is 48.1 Å². The molecule has 2 heteroatoms. The third-order valence-electron chi connectivity index (χ3n) is 3.55. The molecule has 0 bridgehead atoms. The summed E-state index contributed by atoms with van der Waals surface area (Å²) in [5, 5.41) is 0. The first kappa shape index (κ1) is 12.0. The van der Waals surface area contributed by atoms with Crippen molar-refractivity contribution in [2.24, 2.45) is 0 Å². The Balaban J connectivity index is 2.47. The molecule has 0 aromatic heterocycles. The third kappa shape index (κ3) is 2.96. The van der Waals surface area contributed by atoms with Crippen molar-refractivity contribution < 1.29 is 0 Å². The predicted molar refractivity (Wildman–Crippen MR) is 62.6 cm³/mol. The lowest BCUT2D eigenvalue weighted by molar-refractivity contribution is 0.0790. The Hall–Kier alpha value is -0.0800. The normalized spacial score (nSPS) is 25.3. The molecule has 1 fully saturated rings. The number of hydrogen-bond acceptors (Lipinski definition) is 2. The van der Waals surface area contributed by atoms with Gasteiger partial charge in [-0.3, -0.25) is 9.80 Å². The maximum Gasteiger partial charge on any atom is 0.0223 e. The van der Waals surface area contributed by atoms with E-state index < -0.39 is 0 Å². The van der Waals surface area contributed by atoms with Crippen molar-refractivity contribution in [3.05, 3.63) is 0 Å². The molecule has 1 aliphatic rings. The van der Waals surface area contributed by atoms with Crippen LogP contribution in [0.1, 0.15) is 40.5 Å². The van der Waals surface area contributed by atoms with E-state index in [9.17, 15) is 0 Å². The fourth-order valence-electron chi connectivity index (χ4n) is 2.21. The molecule has 14 heavy (non-hydrogen) atoms. The summed E-state index contributed by atoms with van der Waals surface area (Å²) in [6.07, 6.45) is 2.73. The summed E-state index contributed by atoms with van der Waals surface area (Å²) in [4.78, 5) is 5.13. The number of nitrogens with zero attached hydrogens (tertiary/aromatic N) is 2. The Morgan fingerprint density at radius 2 is 1.86 bits per heavy atom. The zero-order chi connectivity index (χ0) is 10.7. The second-order valence-corrected chi connectivity index (χ2v) is 5.14. The van der Waals surface area contributed by atoms with Gasteiger partial charge in [-0.2, -0.15) is 0 Å². The standard InChI is InChI=1S/C12H26N2/c1-10(2)13(5)12-7-6-8-14(9-12)11(3)4/h10-12H,6-9H2,1-5H3. The van der Waals surface area contributed by atoms with Gasteiger partial charge in [-0.15, -0.1) is 0 Å². The molecule has 0 aromatic rings. The van der Waals surface area contributed by atoms with Crippen LogP contribution in [0.4, 0.5) is 0 Å². The molecular weight excluding hydrogens is 172 g/mol. The molecular formula is C12H26N2. The molecule has 1 atom stereocenters. The monoisotopic (exact) mass is 198 g/mol. The molecule has 1 heterocycles. The molecule has 0 saturated carbocycles. The molecule has 1 rings (SSSR count). The lowest BCUT2D eigenvalue weighted by Gasteiger charge is -2.41. The Bertz CT molecular complexity index is 160. The van der Waals surface area contributed by atoms with Crippen LogP contribution in [0.2, 0.25) is 0 Å². The van der Waals surface area contributed by atoms with E-state index >= 15 is 0 Å². The molecule has 0 aromatic carbocycles. The highest BCUT2D eigenvalue weighted by molar-refractivity contribution is 4.81. The van der Waals surface area contributed by atoms with Gasteiger partial charge in [-0.25, -0.2) is 0 Å². The minimum atomic E-state index is 0.673. The molecule has 84 valence electrons. The van der Waals surface area contributed by atoms with Gasteiger partial charge >= 0.3 is 0 Å². The van der Waals surface area contributed by atoms with Crippen molar-refractivity contribution in [2.45, 2.75) is 58.7 Å². The van der Waals surface area contributed by atoms with Crippen molar-refractivity contribution in [3.8, 4) is 0 Å². The van der Waals surface area contributed by atoms with Gasteiger partial charge in [0.05, 0.1) is 0 Å². The summed E-state index contributed by atoms with van der Waals surface area (Å²) in [6, 6.07) is 2.15. The maximum atomic E-state index is 2.60. The average molecular weight is 198 g/mol. The maximum absolute atomic E-state index is 2.60. The summed E-state index contributed by atoms with van der Waals surface area (Å²) in [7, 11) is 2.26. The van der Waals surface area contributed by atoms with Crippen molar-refractivity contribution in [1.82, 2.24) is 9.80 Å². The van der Waals surface area contributed by atoms with Crippen molar-refractivity contribution in [2.75, 3.05) is 20.1 Å². The molecule has 1 aliphatic heterocycles. The molecule has 0 aliphatic carbocycles. The Morgan fingerprint density at radius 1 is 1.21 bits per heavy atom. The second kappa shape index (κ2) is 5.13. The highest BCUT2D eigenvalue weighted by atomic mass is 15.2. The number of piperidine rings is 1. The Morgan fingerprint density at radius 3 is 2.36 bits per heavy atom. The SMILES string of the molecule is CC(C)N1CCCC(N(C)C(C)C)C1. The van der Waals surface area contributed by atoms with Crippen LogP contribution in [0.25, 0.3) is 0 Å². The molecule has 0 N–H and O–H groups in total. The van der Waals surface area contributed by atoms with Crippen molar-refractivity contribution in [1.29, 1.82) is 0 Å². The molecule has 0 radical (unpaired) electrons. The van der Waals surface area contributed by atoms with Gasteiger partial charge in [0.1, 0.15) is 0 Å². The Labute approximate surface area is 89.3 Å². The lowest BCUT2D eigenvalue weighted by Crippen LogP contribution is -2.50. The van der Waals surface area contributed by atoms with E-state index in [-0.39, 0.29) is 0 Å². The van der Waals surface area contributed by atoms with E-state index in [0.29, 0.717) is 12.1 Å². The number of likely N-dealkylation sites (tertiary alicyclic amines) is 1. The summed E-state index contributed by atoms with van der Waals surface area (Å²) < 4.78 is 0. The first-order valence-electron chi connectivity index (χ1n) is 5.98. The number of hydrogen-bond donors (Lipinski definition) is 0. The first-order valence-corrected chi connectivity index (χ1v) is 5.98. The van der Waals surface area contributed by atoms with Gasteiger partial charge in [0, 0.05) is 24.7 Å². The van der Waals surface area contributed by atoms with E-state index in [0.717, 1.165) is 6.04 Å². The van der Waals surface area contributed by atoms with Crippen LogP contribution in [0.15, 0.2) is 0 Å². The van der Waals surface area contributed by atoms with Gasteiger partial charge in [0.15, 0.2) is 0 Å². The van der Waals surface area contributed by atoms with E-state index in [1.807, 2.05) is 0 Å². The quantitative estimate of drug-likeness (QED) is 0.686. The fourth-order valence-corrected chi connectivity index (χ4v) is 2.21. The zero-order valence-electron chi connectivity index (χ0n) is 10.5. The molecule has 1 saturated heterocycles. The summed E-state index contributed by atoms with van der Waals surface area (Å²) in [6.45, 7) is 11.7. The molecule has 0 spiro atoms. The second-order valence-electron chi connectivity index (χ2n) is 5.14. The van der Waals surface area contributed by atoms with Gasteiger partial charge in [-0.1, -0.05) is 0 Å². The van der Waals surface area contributed by atoms with Crippen molar-refractivity contribution >= 4 is 0 Å². The molecule has 0 amide bonds. The topological polar surface area (TPSA) is 6.48 Å². The highest BCUT2D eigenvalue weighted by Crippen LogP contribution is 2.18. The van der Waals surface area contributed by atoms with Crippen molar-refractivity contribution in [3.63, 3.8) is 0 Å². The lowest BCUT2D eigenvalue weighted by atomic mass is 10.0. The van der Waals surface area contributed by atoms with E-state index in [2.05, 4.69) is 44.5 Å². The van der Waals surface area contributed by atoms with E-state index in [1.54, 1.807) is 0 Å². The smallest absolute Gasteiger partial charge is 0.0223 e. The van der Waals surface area contributed by atoms with Crippen LogP contribution in [0, 0.1) is 0 Å². The van der Waals surface area contributed by atoms with Crippen LogP contribution in [0.3, 0.4) is 0 Å². The average Bonchev–Trinajstić information content (AvgIpc) is 2.16. The number of likely N-dealkylation sites (N-methyl/N-ethyl adjacent to an activating group) is 1. The fraction of sp³-hybridized carbons (Fsp3) is 1.00. The number of rotatable bonds is 3. The van der Waals surface area contributed by atoms with E-state index in [1.165, 1.54) is 25.9 Å². The zero-order valence-corrected chi connectivity index (χ0v) is 10.5. The van der Waals surface area contributed by atoms with Gasteiger partial charge in [-0.05, 0) is 54.1 Å². The molecule has 1 unspecified atom stereocenters. The van der Waals surface area contributed by atoms with Crippen LogP contribution in [-0.2, 0) is 0 Å². The van der Waals surface area contributed by atoms with Crippen LogP contribution >= 0.6 is 0 Å². The van der Waals surface area contributed by atoms with Crippen LogP contribution < -0.4 is 0 Å². The van der Waals surface area contributed by atoms with Gasteiger partial charge in [0.2, 0.25) is 0 Å². The van der Waals surface area contributed by atoms with Crippen LogP contribution in [0.5, 0.6) is 0 Å². The largest absolute Gasteiger partial charge is 0.300 e. The predicted octanol–water partition coefficient (Wildman–Crippen LogP) is 2.20. The summed E-state index contributed by atoms with van der Waals surface area (Å²) in [5.74, 6) is 0. The summed E-state index contributed by atoms with van der Waals surface area (Å²) >= 11 is 0.